The molecule has 0 bridgehead atoms. The van der Waals surface area contributed by atoms with Crippen molar-refractivity contribution in [2.45, 2.75) is 33.9 Å². The van der Waals surface area contributed by atoms with Gasteiger partial charge in [0.25, 0.3) is 5.91 Å². The van der Waals surface area contributed by atoms with E-state index < -0.39 is 0 Å². The molecule has 4 aromatic rings. The molecule has 0 unspecified atom stereocenters. The summed E-state index contributed by atoms with van der Waals surface area (Å²) in [6.45, 7) is 6.59. The van der Waals surface area contributed by atoms with Crippen LogP contribution in [-0.4, -0.2) is 20.8 Å². The third kappa shape index (κ3) is 4.83. The third-order valence-corrected chi connectivity index (χ3v) is 5.00. The average Bonchev–Trinajstić information content (AvgIpc) is 3.38. The monoisotopic (exact) mass is 416 g/mol. The number of anilines is 1. The van der Waals surface area contributed by atoms with Gasteiger partial charge < -0.3 is 14.6 Å². The molecular formula is C24H24N4O3. The van der Waals surface area contributed by atoms with Crippen LogP contribution in [0.4, 0.5) is 5.69 Å². The highest BCUT2D eigenvalue weighted by molar-refractivity contribution is 6.03. The fourth-order valence-corrected chi connectivity index (χ4v) is 3.27. The number of nitrogens with one attached hydrogen (secondary N) is 1. The van der Waals surface area contributed by atoms with Crippen LogP contribution in [0.3, 0.4) is 0 Å². The van der Waals surface area contributed by atoms with Crippen molar-refractivity contribution in [2.75, 3.05) is 5.32 Å². The molecule has 7 heteroatoms. The number of ether oxygens (including phenoxy) is 1. The number of nitrogens with zero attached hydrogens (tertiary/aromatic N) is 3. The van der Waals surface area contributed by atoms with Crippen LogP contribution in [-0.2, 0) is 13.2 Å². The van der Waals surface area contributed by atoms with Gasteiger partial charge in [-0.25, -0.2) is 0 Å². The Morgan fingerprint density at radius 1 is 1.13 bits per heavy atom. The van der Waals surface area contributed by atoms with Gasteiger partial charge in [-0.3, -0.25) is 9.48 Å². The molecule has 7 nitrogen and oxygen atoms in total. The first-order valence-corrected chi connectivity index (χ1v) is 10.0. The summed E-state index contributed by atoms with van der Waals surface area (Å²) in [5, 5.41) is 11.1. The summed E-state index contributed by atoms with van der Waals surface area (Å²) in [5.41, 5.74) is 4.69. The highest BCUT2D eigenvalue weighted by Gasteiger charge is 2.21. The maximum atomic E-state index is 12.9. The van der Waals surface area contributed by atoms with E-state index in [0.29, 0.717) is 23.6 Å². The molecule has 4 rings (SSSR count). The van der Waals surface area contributed by atoms with Gasteiger partial charge in [0.15, 0.2) is 5.69 Å². The first-order chi connectivity index (χ1) is 15.0. The summed E-state index contributed by atoms with van der Waals surface area (Å²) in [6.07, 6.45) is 3.63. The Labute approximate surface area is 180 Å². The van der Waals surface area contributed by atoms with Crippen LogP contribution in [0.5, 0.6) is 5.75 Å². The van der Waals surface area contributed by atoms with Gasteiger partial charge in [-0.2, -0.15) is 5.10 Å². The zero-order valence-corrected chi connectivity index (χ0v) is 17.8. The van der Waals surface area contributed by atoms with E-state index in [0.717, 1.165) is 22.4 Å². The molecule has 2 aromatic heterocycles. The summed E-state index contributed by atoms with van der Waals surface area (Å²) in [6, 6.07) is 15.5. The minimum atomic E-state index is -0.340. The van der Waals surface area contributed by atoms with Crippen molar-refractivity contribution in [1.82, 2.24) is 14.9 Å². The van der Waals surface area contributed by atoms with Crippen LogP contribution in [0.15, 0.2) is 65.4 Å². The number of carbonyl (C=O) groups is 1. The number of benzene rings is 2. The summed E-state index contributed by atoms with van der Waals surface area (Å²) in [5.74, 6) is 0.994. The number of hydrogen-bond acceptors (Lipinski definition) is 5. The smallest absolute Gasteiger partial charge is 0.278 e. The minimum Gasteiger partial charge on any atom is -0.488 e. The Kier molecular flexibility index (Phi) is 5.84. The lowest BCUT2D eigenvalue weighted by molar-refractivity contribution is 0.101. The van der Waals surface area contributed by atoms with Gasteiger partial charge in [0, 0.05) is 18.1 Å². The van der Waals surface area contributed by atoms with E-state index in [1.54, 1.807) is 13.1 Å². The lowest BCUT2D eigenvalue weighted by Gasteiger charge is -2.11. The standard InChI is InChI=1S/C24H24N4O3/c1-16-8-9-17(2)22(12-16)30-15-21-18(3)31-27-23(21)24(29)26-20-7-4-6-19(13-20)14-28-11-5-10-25-28/h4-13H,14-15H2,1-3H3,(H,26,29). The highest BCUT2D eigenvalue weighted by atomic mass is 16.5. The van der Waals surface area contributed by atoms with Crippen molar-refractivity contribution in [1.29, 1.82) is 0 Å². The molecule has 0 spiro atoms. The maximum Gasteiger partial charge on any atom is 0.278 e. The molecule has 31 heavy (non-hydrogen) atoms. The SMILES string of the molecule is Cc1ccc(C)c(OCc2c(C(=O)Nc3cccc(Cn4cccn4)c3)noc2C)c1. The molecule has 0 fully saturated rings. The molecular weight excluding hydrogens is 392 g/mol. The van der Waals surface area contributed by atoms with Gasteiger partial charge in [0.05, 0.1) is 12.1 Å². The Morgan fingerprint density at radius 2 is 2.00 bits per heavy atom. The number of aromatic nitrogens is 3. The average molecular weight is 416 g/mol. The summed E-state index contributed by atoms with van der Waals surface area (Å²) in [7, 11) is 0. The van der Waals surface area contributed by atoms with E-state index in [4.69, 9.17) is 9.26 Å². The van der Waals surface area contributed by atoms with Crippen molar-refractivity contribution in [3.8, 4) is 5.75 Å². The molecule has 0 radical (unpaired) electrons. The van der Waals surface area contributed by atoms with E-state index in [1.807, 2.05) is 73.3 Å². The molecule has 2 aromatic carbocycles. The topological polar surface area (TPSA) is 82.2 Å². The second-order valence-electron chi connectivity index (χ2n) is 7.48. The van der Waals surface area contributed by atoms with E-state index >= 15 is 0 Å². The van der Waals surface area contributed by atoms with Crippen molar-refractivity contribution in [3.63, 3.8) is 0 Å². The molecule has 1 amide bonds. The van der Waals surface area contributed by atoms with Crippen molar-refractivity contribution >= 4 is 11.6 Å². The predicted molar refractivity (Wildman–Crippen MR) is 117 cm³/mol. The number of carbonyl (C=O) groups excluding carboxylic acids is 1. The Hall–Kier alpha value is -3.87. The number of amides is 1. The van der Waals surface area contributed by atoms with Gasteiger partial charge in [-0.1, -0.05) is 29.4 Å². The quantitative estimate of drug-likeness (QED) is 0.473. The van der Waals surface area contributed by atoms with Gasteiger partial charge in [0.2, 0.25) is 0 Å². The number of rotatable bonds is 7. The van der Waals surface area contributed by atoms with Crippen LogP contribution in [0, 0.1) is 20.8 Å². The molecule has 0 aliphatic heterocycles. The summed E-state index contributed by atoms with van der Waals surface area (Å²) < 4.78 is 13.1. The first-order valence-electron chi connectivity index (χ1n) is 10.0. The molecule has 0 aliphatic carbocycles. The Morgan fingerprint density at radius 3 is 2.81 bits per heavy atom. The van der Waals surface area contributed by atoms with Crippen molar-refractivity contribution in [2.24, 2.45) is 0 Å². The maximum absolute atomic E-state index is 12.9. The van der Waals surface area contributed by atoms with Crippen LogP contribution >= 0.6 is 0 Å². The normalized spacial score (nSPS) is 10.8. The Balaban J connectivity index is 1.48. The van der Waals surface area contributed by atoms with Gasteiger partial charge in [-0.05, 0) is 61.7 Å². The van der Waals surface area contributed by atoms with Crippen LogP contribution in [0.25, 0.3) is 0 Å². The molecule has 2 heterocycles. The lowest BCUT2D eigenvalue weighted by Crippen LogP contribution is -2.15. The number of aryl methyl sites for hydroxylation is 3. The van der Waals surface area contributed by atoms with Crippen molar-refractivity contribution in [3.05, 3.63) is 94.6 Å². The van der Waals surface area contributed by atoms with Crippen LogP contribution < -0.4 is 10.1 Å². The number of hydrogen-bond donors (Lipinski definition) is 1. The van der Waals surface area contributed by atoms with Crippen LogP contribution in [0.1, 0.15) is 38.5 Å². The largest absolute Gasteiger partial charge is 0.488 e. The second kappa shape index (κ2) is 8.87. The lowest BCUT2D eigenvalue weighted by atomic mass is 10.1. The van der Waals surface area contributed by atoms with E-state index in [1.165, 1.54) is 0 Å². The molecule has 0 saturated carbocycles. The second-order valence-corrected chi connectivity index (χ2v) is 7.48. The van der Waals surface area contributed by atoms with Crippen molar-refractivity contribution < 1.29 is 14.1 Å². The van der Waals surface area contributed by atoms with Gasteiger partial charge in [-0.15, -0.1) is 0 Å². The summed E-state index contributed by atoms with van der Waals surface area (Å²) in [4.78, 5) is 12.9. The van der Waals surface area contributed by atoms with Gasteiger partial charge in [0.1, 0.15) is 18.1 Å². The highest BCUT2D eigenvalue weighted by Crippen LogP contribution is 2.23. The zero-order valence-electron chi connectivity index (χ0n) is 17.8. The fourth-order valence-electron chi connectivity index (χ4n) is 3.27. The predicted octanol–water partition coefficient (Wildman–Crippen LogP) is 4.68. The van der Waals surface area contributed by atoms with E-state index in [-0.39, 0.29) is 18.2 Å². The Bertz CT molecular complexity index is 1200. The molecule has 0 atom stereocenters. The van der Waals surface area contributed by atoms with Crippen LogP contribution in [0.2, 0.25) is 0 Å². The van der Waals surface area contributed by atoms with E-state index in [2.05, 4.69) is 15.6 Å². The van der Waals surface area contributed by atoms with E-state index in [9.17, 15) is 4.79 Å². The summed E-state index contributed by atoms with van der Waals surface area (Å²) >= 11 is 0. The molecule has 0 saturated heterocycles. The minimum absolute atomic E-state index is 0.196. The van der Waals surface area contributed by atoms with Gasteiger partial charge >= 0.3 is 0 Å². The third-order valence-electron chi connectivity index (χ3n) is 5.00. The molecule has 1 N–H and O–H groups in total. The first kappa shape index (κ1) is 20.4. The molecule has 0 aliphatic rings. The zero-order chi connectivity index (χ0) is 21.8. The molecule has 158 valence electrons. The fraction of sp³-hybridized carbons (Fsp3) is 0.208.